The van der Waals surface area contributed by atoms with E-state index in [1.807, 2.05) is 19.0 Å². The van der Waals surface area contributed by atoms with Crippen molar-refractivity contribution in [1.29, 1.82) is 0 Å². The van der Waals surface area contributed by atoms with Crippen molar-refractivity contribution in [3.63, 3.8) is 0 Å². The SMILES string of the molecule is CN(C)CCNCC(CS(C)(=O)=O)C(=O)O. The van der Waals surface area contributed by atoms with Gasteiger partial charge in [0.2, 0.25) is 0 Å². The lowest BCUT2D eigenvalue weighted by atomic mass is 10.2. The number of sulfone groups is 1. The van der Waals surface area contributed by atoms with E-state index >= 15 is 0 Å². The Bertz CT molecular complexity index is 313. The molecule has 96 valence electrons. The molecule has 0 rings (SSSR count). The zero-order chi connectivity index (χ0) is 12.8. The Kier molecular flexibility index (Phi) is 6.54. The molecule has 0 heterocycles. The minimum Gasteiger partial charge on any atom is -0.481 e. The summed E-state index contributed by atoms with van der Waals surface area (Å²) in [4.78, 5) is 12.7. The van der Waals surface area contributed by atoms with Crippen LogP contribution in [0.25, 0.3) is 0 Å². The van der Waals surface area contributed by atoms with E-state index in [0.29, 0.717) is 6.54 Å². The van der Waals surface area contributed by atoms with Gasteiger partial charge in [-0.25, -0.2) is 8.42 Å². The van der Waals surface area contributed by atoms with Gasteiger partial charge in [0, 0.05) is 25.9 Å². The first-order chi connectivity index (χ1) is 7.22. The maximum absolute atomic E-state index is 11.0. The van der Waals surface area contributed by atoms with Gasteiger partial charge in [-0.1, -0.05) is 0 Å². The molecule has 0 aliphatic carbocycles. The summed E-state index contributed by atoms with van der Waals surface area (Å²) in [7, 11) is 0.566. The molecule has 0 bridgehead atoms. The van der Waals surface area contributed by atoms with Crippen molar-refractivity contribution in [1.82, 2.24) is 10.2 Å². The summed E-state index contributed by atoms with van der Waals surface area (Å²) in [5.41, 5.74) is 0. The van der Waals surface area contributed by atoms with Gasteiger partial charge < -0.3 is 15.3 Å². The van der Waals surface area contributed by atoms with Crippen LogP contribution in [0.4, 0.5) is 0 Å². The predicted octanol–water partition coefficient (Wildman–Crippen LogP) is -1.12. The third kappa shape index (κ3) is 8.63. The summed E-state index contributed by atoms with van der Waals surface area (Å²) >= 11 is 0. The number of rotatable bonds is 8. The van der Waals surface area contributed by atoms with E-state index in [2.05, 4.69) is 5.32 Å². The molecule has 0 fully saturated rings. The molecule has 1 unspecified atom stereocenters. The highest BCUT2D eigenvalue weighted by Gasteiger charge is 2.21. The molecule has 0 aromatic heterocycles. The van der Waals surface area contributed by atoms with E-state index in [1.54, 1.807) is 0 Å². The number of aliphatic carboxylic acids is 1. The second kappa shape index (κ2) is 6.82. The normalized spacial score (nSPS) is 14.0. The highest BCUT2D eigenvalue weighted by molar-refractivity contribution is 7.90. The first-order valence-electron chi connectivity index (χ1n) is 4.98. The van der Waals surface area contributed by atoms with Gasteiger partial charge in [0.05, 0.1) is 11.7 Å². The van der Waals surface area contributed by atoms with E-state index in [-0.39, 0.29) is 12.3 Å². The minimum atomic E-state index is -3.25. The number of carboxylic acids is 1. The number of nitrogens with zero attached hydrogens (tertiary/aromatic N) is 1. The third-order valence-corrected chi connectivity index (χ3v) is 2.99. The molecule has 0 aliphatic rings. The van der Waals surface area contributed by atoms with Crippen LogP contribution < -0.4 is 5.32 Å². The zero-order valence-electron chi connectivity index (χ0n) is 9.93. The molecule has 2 N–H and O–H groups in total. The summed E-state index contributed by atoms with van der Waals surface area (Å²) in [6.45, 7) is 1.60. The van der Waals surface area contributed by atoms with Crippen LogP contribution in [0.2, 0.25) is 0 Å². The Hall–Kier alpha value is -0.660. The molecule has 0 aromatic rings. The molecule has 0 radical (unpaired) electrons. The van der Waals surface area contributed by atoms with Gasteiger partial charge in [-0.05, 0) is 14.1 Å². The van der Waals surface area contributed by atoms with Crippen LogP contribution in [0.3, 0.4) is 0 Å². The summed E-state index contributed by atoms with van der Waals surface area (Å²) in [5.74, 6) is -2.28. The Labute approximate surface area is 96.5 Å². The largest absolute Gasteiger partial charge is 0.481 e. The Morgan fingerprint density at radius 2 is 2.00 bits per heavy atom. The summed E-state index contributed by atoms with van der Waals surface area (Å²) < 4.78 is 22.0. The number of hydrogen-bond acceptors (Lipinski definition) is 5. The number of carboxylic acid groups (broad SMARTS) is 1. The number of nitrogens with one attached hydrogen (secondary N) is 1. The number of hydrogen-bond donors (Lipinski definition) is 2. The van der Waals surface area contributed by atoms with E-state index < -0.39 is 21.7 Å². The van der Waals surface area contributed by atoms with Gasteiger partial charge in [0.1, 0.15) is 9.84 Å². The fourth-order valence-electron chi connectivity index (χ4n) is 1.16. The van der Waals surface area contributed by atoms with Crippen LogP contribution in [-0.4, -0.2) is 70.1 Å². The molecule has 0 saturated heterocycles. The van der Waals surface area contributed by atoms with Crippen molar-refractivity contribution in [2.45, 2.75) is 0 Å². The first-order valence-corrected chi connectivity index (χ1v) is 7.04. The predicted molar refractivity (Wildman–Crippen MR) is 62.3 cm³/mol. The molecule has 16 heavy (non-hydrogen) atoms. The lowest BCUT2D eigenvalue weighted by Crippen LogP contribution is -2.36. The van der Waals surface area contributed by atoms with Crippen molar-refractivity contribution in [3.8, 4) is 0 Å². The smallest absolute Gasteiger partial charge is 0.308 e. The lowest BCUT2D eigenvalue weighted by Gasteiger charge is -2.14. The fraction of sp³-hybridized carbons (Fsp3) is 0.889. The summed E-state index contributed by atoms with van der Waals surface area (Å²) in [5, 5.41) is 11.8. The number of carbonyl (C=O) groups is 1. The van der Waals surface area contributed by atoms with E-state index in [0.717, 1.165) is 12.8 Å². The quantitative estimate of drug-likeness (QED) is 0.532. The molecule has 0 saturated carbocycles. The average molecular weight is 252 g/mol. The van der Waals surface area contributed by atoms with E-state index in [4.69, 9.17) is 5.11 Å². The zero-order valence-corrected chi connectivity index (χ0v) is 10.7. The fourth-order valence-corrected chi connectivity index (χ4v) is 2.15. The topological polar surface area (TPSA) is 86.7 Å². The highest BCUT2D eigenvalue weighted by atomic mass is 32.2. The van der Waals surface area contributed by atoms with E-state index in [9.17, 15) is 13.2 Å². The molecule has 0 spiro atoms. The summed E-state index contributed by atoms with van der Waals surface area (Å²) in [6.07, 6.45) is 1.04. The molecular formula is C9H20N2O4S. The van der Waals surface area contributed by atoms with Gasteiger partial charge in [-0.2, -0.15) is 0 Å². The Morgan fingerprint density at radius 3 is 2.38 bits per heavy atom. The Balaban J connectivity index is 4.01. The second-order valence-electron chi connectivity index (χ2n) is 4.13. The average Bonchev–Trinajstić information content (AvgIpc) is 2.07. The minimum absolute atomic E-state index is 0.177. The van der Waals surface area contributed by atoms with Crippen molar-refractivity contribution < 1.29 is 18.3 Å². The summed E-state index contributed by atoms with van der Waals surface area (Å²) in [6, 6.07) is 0. The van der Waals surface area contributed by atoms with Crippen LogP contribution in [0.15, 0.2) is 0 Å². The van der Waals surface area contributed by atoms with Crippen LogP contribution in [0.5, 0.6) is 0 Å². The van der Waals surface area contributed by atoms with Crippen molar-refractivity contribution in [3.05, 3.63) is 0 Å². The standard InChI is InChI=1S/C9H20N2O4S/c1-11(2)5-4-10-6-8(9(12)13)7-16(3,14)15/h8,10H,4-7H2,1-3H3,(H,12,13). The first kappa shape index (κ1) is 15.3. The molecule has 6 nitrogen and oxygen atoms in total. The molecule has 0 amide bonds. The van der Waals surface area contributed by atoms with Crippen LogP contribution in [-0.2, 0) is 14.6 Å². The number of likely N-dealkylation sites (N-methyl/N-ethyl adjacent to an activating group) is 1. The van der Waals surface area contributed by atoms with Gasteiger partial charge in [-0.3, -0.25) is 4.79 Å². The van der Waals surface area contributed by atoms with Crippen LogP contribution in [0, 0.1) is 5.92 Å². The third-order valence-electron chi connectivity index (χ3n) is 1.98. The molecule has 7 heteroatoms. The molecule has 0 aliphatic heterocycles. The van der Waals surface area contributed by atoms with Gasteiger partial charge in [0.25, 0.3) is 0 Å². The lowest BCUT2D eigenvalue weighted by molar-refractivity contribution is -0.140. The molecule has 1 atom stereocenters. The van der Waals surface area contributed by atoms with Crippen LogP contribution in [0.1, 0.15) is 0 Å². The Morgan fingerprint density at radius 1 is 1.44 bits per heavy atom. The monoisotopic (exact) mass is 252 g/mol. The molecule has 0 aromatic carbocycles. The van der Waals surface area contributed by atoms with Crippen molar-refractivity contribution >= 4 is 15.8 Å². The van der Waals surface area contributed by atoms with E-state index in [1.165, 1.54) is 0 Å². The van der Waals surface area contributed by atoms with Crippen molar-refractivity contribution in [2.75, 3.05) is 45.7 Å². The van der Waals surface area contributed by atoms with Gasteiger partial charge in [-0.15, -0.1) is 0 Å². The van der Waals surface area contributed by atoms with Gasteiger partial charge in [0.15, 0.2) is 0 Å². The van der Waals surface area contributed by atoms with Crippen molar-refractivity contribution in [2.24, 2.45) is 5.92 Å². The van der Waals surface area contributed by atoms with Gasteiger partial charge >= 0.3 is 5.97 Å². The molecular weight excluding hydrogens is 232 g/mol. The maximum atomic E-state index is 11.0. The highest BCUT2D eigenvalue weighted by Crippen LogP contribution is 2.00. The van der Waals surface area contributed by atoms with Crippen LogP contribution >= 0.6 is 0 Å². The maximum Gasteiger partial charge on any atom is 0.308 e. The second-order valence-corrected chi connectivity index (χ2v) is 6.32.